The molecule has 0 bridgehead atoms. The quantitative estimate of drug-likeness (QED) is 0.849. The minimum absolute atomic E-state index is 0.359. The Hall–Kier alpha value is -1.39. The lowest BCUT2D eigenvalue weighted by Crippen LogP contribution is -2.40. The van der Waals surface area contributed by atoms with Crippen molar-refractivity contribution in [2.24, 2.45) is 0 Å². The average Bonchev–Trinajstić information content (AvgIpc) is 2.38. The number of piperidine rings is 1. The summed E-state index contributed by atoms with van der Waals surface area (Å²) in [4.78, 5) is 13.2. The Morgan fingerprint density at radius 1 is 1.44 bits per heavy atom. The van der Waals surface area contributed by atoms with E-state index in [9.17, 15) is 4.79 Å². The summed E-state index contributed by atoms with van der Waals surface area (Å²) < 4.78 is 0. The largest absolute Gasteiger partial charge is 0.478 e. The molecule has 1 fully saturated rings. The third-order valence-electron chi connectivity index (χ3n) is 3.49. The van der Waals surface area contributed by atoms with Crippen LogP contribution in [0.1, 0.15) is 28.8 Å². The predicted octanol–water partition coefficient (Wildman–Crippen LogP) is 1.57. The van der Waals surface area contributed by atoms with Crippen LogP contribution in [0.2, 0.25) is 0 Å². The molecule has 0 saturated carbocycles. The van der Waals surface area contributed by atoms with E-state index >= 15 is 0 Å². The normalized spacial score (nSPS) is 17.8. The highest BCUT2D eigenvalue weighted by Gasteiger charge is 2.15. The van der Waals surface area contributed by atoms with E-state index in [2.05, 4.69) is 17.3 Å². The second-order valence-corrected chi connectivity index (χ2v) is 4.96. The van der Waals surface area contributed by atoms with E-state index in [1.807, 2.05) is 6.07 Å². The number of nitrogens with zero attached hydrogens (tertiary/aromatic N) is 1. The number of carbonyl (C=O) groups is 1. The maximum Gasteiger partial charge on any atom is 0.335 e. The zero-order valence-corrected chi connectivity index (χ0v) is 10.7. The number of nitrogens with one attached hydrogen (secondary N) is 1. The molecule has 1 aromatic rings. The third kappa shape index (κ3) is 3.55. The maximum absolute atomic E-state index is 10.9. The minimum atomic E-state index is -0.865. The van der Waals surface area contributed by atoms with Crippen molar-refractivity contribution < 1.29 is 9.90 Å². The van der Waals surface area contributed by atoms with Gasteiger partial charge in [-0.1, -0.05) is 12.1 Å². The number of likely N-dealkylation sites (tertiary alicyclic amines) is 1. The van der Waals surface area contributed by atoms with E-state index in [1.165, 1.54) is 0 Å². The molecular formula is C14H20N2O2. The molecule has 0 atom stereocenters. The molecule has 4 heteroatoms. The molecule has 98 valence electrons. The highest BCUT2D eigenvalue weighted by molar-refractivity contribution is 5.87. The van der Waals surface area contributed by atoms with Gasteiger partial charge in [-0.3, -0.25) is 0 Å². The van der Waals surface area contributed by atoms with Gasteiger partial charge in [-0.05, 0) is 50.7 Å². The van der Waals surface area contributed by atoms with Gasteiger partial charge in [0.1, 0.15) is 0 Å². The molecule has 18 heavy (non-hydrogen) atoms. The first-order valence-electron chi connectivity index (χ1n) is 6.39. The number of hydrogen-bond acceptors (Lipinski definition) is 3. The fourth-order valence-electron chi connectivity index (χ4n) is 2.29. The van der Waals surface area contributed by atoms with Crippen molar-refractivity contribution in [3.05, 3.63) is 35.4 Å². The second-order valence-electron chi connectivity index (χ2n) is 4.96. The fraction of sp³-hybridized carbons (Fsp3) is 0.500. The summed E-state index contributed by atoms with van der Waals surface area (Å²) in [5.74, 6) is -0.865. The summed E-state index contributed by atoms with van der Waals surface area (Å²) >= 11 is 0. The van der Waals surface area contributed by atoms with Gasteiger partial charge in [-0.25, -0.2) is 4.79 Å². The molecule has 0 amide bonds. The SMILES string of the molecule is CN1CCC(NCc2cccc(C(=O)O)c2)CC1. The Labute approximate surface area is 108 Å². The van der Waals surface area contributed by atoms with Crippen LogP contribution in [-0.2, 0) is 6.54 Å². The molecule has 1 saturated heterocycles. The summed E-state index contributed by atoms with van der Waals surface area (Å²) in [6.45, 7) is 3.01. The van der Waals surface area contributed by atoms with Gasteiger partial charge in [0, 0.05) is 12.6 Å². The van der Waals surface area contributed by atoms with Crippen LogP contribution in [0.5, 0.6) is 0 Å². The predicted molar refractivity (Wildman–Crippen MR) is 70.8 cm³/mol. The van der Waals surface area contributed by atoms with Gasteiger partial charge < -0.3 is 15.3 Å². The standard InChI is InChI=1S/C14H20N2O2/c1-16-7-5-13(6-8-16)15-10-11-3-2-4-12(9-11)14(17)18/h2-4,9,13,15H,5-8,10H2,1H3,(H,17,18). The van der Waals surface area contributed by atoms with E-state index in [0.717, 1.165) is 38.0 Å². The van der Waals surface area contributed by atoms with Gasteiger partial charge in [0.05, 0.1) is 5.56 Å². The molecular weight excluding hydrogens is 228 g/mol. The van der Waals surface area contributed by atoms with Gasteiger partial charge in [-0.15, -0.1) is 0 Å². The van der Waals surface area contributed by atoms with Crippen LogP contribution in [-0.4, -0.2) is 42.2 Å². The molecule has 2 N–H and O–H groups in total. The Kier molecular flexibility index (Phi) is 4.33. The van der Waals surface area contributed by atoms with Crippen LogP contribution < -0.4 is 5.32 Å². The van der Waals surface area contributed by atoms with Crippen molar-refractivity contribution in [3.8, 4) is 0 Å². The van der Waals surface area contributed by atoms with Crippen molar-refractivity contribution in [1.29, 1.82) is 0 Å². The zero-order chi connectivity index (χ0) is 13.0. The molecule has 1 heterocycles. The average molecular weight is 248 g/mol. The number of carboxylic acids is 1. The number of hydrogen-bond donors (Lipinski definition) is 2. The third-order valence-corrected chi connectivity index (χ3v) is 3.49. The van der Waals surface area contributed by atoms with Crippen LogP contribution in [0.4, 0.5) is 0 Å². The molecule has 0 unspecified atom stereocenters. The summed E-state index contributed by atoms with van der Waals surface area (Å²) in [5, 5.41) is 12.4. The molecule has 0 aromatic heterocycles. The fourth-order valence-corrected chi connectivity index (χ4v) is 2.29. The van der Waals surface area contributed by atoms with Gasteiger partial charge in [0.2, 0.25) is 0 Å². The number of rotatable bonds is 4. The van der Waals surface area contributed by atoms with Crippen LogP contribution in [0, 0.1) is 0 Å². The minimum Gasteiger partial charge on any atom is -0.478 e. The summed E-state index contributed by atoms with van der Waals surface area (Å²) in [5.41, 5.74) is 1.39. The van der Waals surface area contributed by atoms with Gasteiger partial charge >= 0.3 is 5.97 Å². The maximum atomic E-state index is 10.9. The zero-order valence-electron chi connectivity index (χ0n) is 10.7. The van der Waals surface area contributed by atoms with E-state index in [4.69, 9.17) is 5.11 Å². The topological polar surface area (TPSA) is 52.6 Å². The number of carboxylic acid groups (broad SMARTS) is 1. The second kappa shape index (κ2) is 5.98. The van der Waals surface area contributed by atoms with Crippen LogP contribution in [0.25, 0.3) is 0 Å². The van der Waals surface area contributed by atoms with Crippen molar-refractivity contribution in [2.45, 2.75) is 25.4 Å². The van der Waals surface area contributed by atoms with Gasteiger partial charge in [-0.2, -0.15) is 0 Å². The van der Waals surface area contributed by atoms with Crippen LogP contribution in [0.15, 0.2) is 24.3 Å². The van der Waals surface area contributed by atoms with Crippen molar-refractivity contribution in [1.82, 2.24) is 10.2 Å². The molecule has 0 radical (unpaired) electrons. The van der Waals surface area contributed by atoms with Crippen molar-refractivity contribution in [2.75, 3.05) is 20.1 Å². The molecule has 1 aliphatic rings. The Morgan fingerprint density at radius 3 is 2.83 bits per heavy atom. The molecule has 0 spiro atoms. The van der Waals surface area contributed by atoms with Gasteiger partial charge in [0.25, 0.3) is 0 Å². The number of aromatic carboxylic acids is 1. The molecule has 4 nitrogen and oxygen atoms in total. The van der Waals surface area contributed by atoms with E-state index in [0.29, 0.717) is 11.6 Å². The van der Waals surface area contributed by atoms with Crippen LogP contribution in [0.3, 0.4) is 0 Å². The summed E-state index contributed by atoms with van der Waals surface area (Å²) in [6.07, 6.45) is 2.32. The first-order chi connectivity index (χ1) is 8.65. The van der Waals surface area contributed by atoms with Crippen molar-refractivity contribution >= 4 is 5.97 Å². The molecule has 1 aromatic carbocycles. The Balaban J connectivity index is 1.86. The first-order valence-corrected chi connectivity index (χ1v) is 6.39. The monoisotopic (exact) mass is 248 g/mol. The Bertz CT molecular complexity index is 412. The first kappa shape index (κ1) is 13.1. The van der Waals surface area contributed by atoms with E-state index in [1.54, 1.807) is 18.2 Å². The van der Waals surface area contributed by atoms with Crippen LogP contribution >= 0.6 is 0 Å². The van der Waals surface area contributed by atoms with E-state index < -0.39 is 5.97 Å². The lowest BCUT2D eigenvalue weighted by molar-refractivity contribution is 0.0696. The molecule has 0 aliphatic carbocycles. The Morgan fingerprint density at radius 2 is 2.17 bits per heavy atom. The number of benzene rings is 1. The van der Waals surface area contributed by atoms with E-state index in [-0.39, 0.29) is 0 Å². The lowest BCUT2D eigenvalue weighted by atomic mass is 10.0. The molecule has 2 rings (SSSR count). The highest BCUT2D eigenvalue weighted by Crippen LogP contribution is 2.10. The smallest absolute Gasteiger partial charge is 0.335 e. The molecule has 1 aliphatic heterocycles. The van der Waals surface area contributed by atoms with Gasteiger partial charge in [0.15, 0.2) is 0 Å². The highest BCUT2D eigenvalue weighted by atomic mass is 16.4. The summed E-state index contributed by atoms with van der Waals surface area (Å²) in [7, 11) is 2.15. The lowest BCUT2D eigenvalue weighted by Gasteiger charge is -2.29. The van der Waals surface area contributed by atoms with Crippen molar-refractivity contribution in [3.63, 3.8) is 0 Å². The summed E-state index contributed by atoms with van der Waals surface area (Å²) in [6, 6.07) is 7.68.